The first kappa shape index (κ1) is 12.4. The van der Waals surface area contributed by atoms with Gasteiger partial charge in [0.15, 0.2) is 0 Å². The van der Waals surface area contributed by atoms with Crippen molar-refractivity contribution in [3.8, 4) is 0 Å². The molecule has 2 aliphatic rings. The highest BCUT2D eigenvalue weighted by atomic mass is 14.8. The van der Waals surface area contributed by atoms with Crippen molar-refractivity contribution in [1.29, 1.82) is 0 Å². The first-order valence-electron chi connectivity index (χ1n) is 7.42. The Morgan fingerprint density at radius 2 is 1.50 bits per heavy atom. The molecule has 2 fully saturated rings. The molecule has 2 saturated carbocycles. The lowest BCUT2D eigenvalue weighted by Gasteiger charge is -2.47. The maximum atomic E-state index is 6.84. The number of nitrogens with two attached hydrogens (primary N) is 1. The minimum absolute atomic E-state index is 0.169. The van der Waals surface area contributed by atoms with Crippen molar-refractivity contribution in [3.63, 3.8) is 0 Å². The van der Waals surface area contributed by atoms with E-state index in [2.05, 4.69) is 13.8 Å². The van der Waals surface area contributed by atoms with Gasteiger partial charge in [-0.05, 0) is 43.4 Å². The fourth-order valence-corrected chi connectivity index (χ4v) is 4.10. The van der Waals surface area contributed by atoms with Crippen LogP contribution >= 0.6 is 0 Å². The van der Waals surface area contributed by atoms with E-state index in [9.17, 15) is 0 Å². The Morgan fingerprint density at radius 3 is 2.12 bits per heavy atom. The molecule has 3 unspecified atom stereocenters. The van der Waals surface area contributed by atoms with Crippen molar-refractivity contribution >= 4 is 0 Å². The summed E-state index contributed by atoms with van der Waals surface area (Å²) in [4.78, 5) is 0. The summed E-state index contributed by atoms with van der Waals surface area (Å²) in [6, 6.07) is 0. The van der Waals surface area contributed by atoms with Gasteiger partial charge in [0.05, 0.1) is 0 Å². The van der Waals surface area contributed by atoms with Crippen LogP contribution < -0.4 is 5.73 Å². The van der Waals surface area contributed by atoms with Crippen molar-refractivity contribution in [2.45, 2.75) is 77.2 Å². The molecule has 0 aromatic rings. The summed E-state index contributed by atoms with van der Waals surface area (Å²) < 4.78 is 0. The van der Waals surface area contributed by atoms with Crippen molar-refractivity contribution in [2.75, 3.05) is 0 Å². The van der Waals surface area contributed by atoms with Gasteiger partial charge in [-0.2, -0.15) is 0 Å². The molecular formula is C15H29N. The topological polar surface area (TPSA) is 26.0 Å². The molecule has 3 atom stereocenters. The molecule has 0 aromatic heterocycles. The van der Waals surface area contributed by atoms with Crippen LogP contribution in [0.5, 0.6) is 0 Å². The summed E-state index contributed by atoms with van der Waals surface area (Å²) in [7, 11) is 0. The van der Waals surface area contributed by atoms with Gasteiger partial charge < -0.3 is 5.73 Å². The minimum Gasteiger partial charge on any atom is -0.325 e. The molecule has 0 spiro atoms. The zero-order valence-corrected chi connectivity index (χ0v) is 11.2. The molecule has 2 aliphatic carbocycles. The molecule has 0 radical (unpaired) electrons. The average Bonchev–Trinajstić information content (AvgIpc) is 2.52. The highest BCUT2D eigenvalue weighted by molar-refractivity contribution is 4.99. The van der Waals surface area contributed by atoms with Gasteiger partial charge in [-0.15, -0.1) is 0 Å². The predicted octanol–water partition coefficient (Wildman–Crippen LogP) is 4.11. The fraction of sp³-hybridized carbons (Fsp3) is 1.00. The van der Waals surface area contributed by atoms with Crippen molar-refractivity contribution in [3.05, 3.63) is 0 Å². The van der Waals surface area contributed by atoms with Gasteiger partial charge in [0.25, 0.3) is 0 Å². The van der Waals surface area contributed by atoms with Crippen molar-refractivity contribution in [1.82, 2.24) is 0 Å². The van der Waals surface area contributed by atoms with E-state index in [1.807, 2.05) is 0 Å². The molecule has 0 heterocycles. The van der Waals surface area contributed by atoms with Crippen LogP contribution in [0.15, 0.2) is 0 Å². The Hall–Kier alpha value is -0.0400. The van der Waals surface area contributed by atoms with E-state index in [0.717, 1.165) is 17.8 Å². The predicted molar refractivity (Wildman–Crippen MR) is 70.3 cm³/mol. The van der Waals surface area contributed by atoms with Crippen LogP contribution in [0.25, 0.3) is 0 Å². The first-order valence-corrected chi connectivity index (χ1v) is 7.42. The average molecular weight is 223 g/mol. The van der Waals surface area contributed by atoms with Gasteiger partial charge in [-0.25, -0.2) is 0 Å². The van der Waals surface area contributed by atoms with E-state index in [0.29, 0.717) is 0 Å². The Morgan fingerprint density at radius 1 is 0.875 bits per heavy atom. The van der Waals surface area contributed by atoms with Gasteiger partial charge in [0.2, 0.25) is 0 Å². The highest BCUT2D eigenvalue weighted by Crippen LogP contribution is 2.44. The summed E-state index contributed by atoms with van der Waals surface area (Å²) in [5.41, 5.74) is 7.01. The lowest BCUT2D eigenvalue weighted by atomic mass is 9.62. The van der Waals surface area contributed by atoms with Crippen LogP contribution in [-0.2, 0) is 0 Å². The molecule has 0 bridgehead atoms. The molecule has 1 heteroatoms. The van der Waals surface area contributed by atoms with E-state index < -0.39 is 0 Å². The monoisotopic (exact) mass is 223 g/mol. The number of hydrogen-bond acceptors (Lipinski definition) is 1. The maximum absolute atomic E-state index is 6.84. The summed E-state index contributed by atoms with van der Waals surface area (Å²) >= 11 is 0. The quantitative estimate of drug-likeness (QED) is 0.665. The zero-order chi connectivity index (χ0) is 11.6. The van der Waals surface area contributed by atoms with Gasteiger partial charge in [0, 0.05) is 5.54 Å². The molecule has 0 aromatic carbocycles. The van der Waals surface area contributed by atoms with Crippen LogP contribution in [0.2, 0.25) is 0 Å². The van der Waals surface area contributed by atoms with Gasteiger partial charge in [-0.1, -0.05) is 46.0 Å². The molecule has 0 aliphatic heterocycles. The normalized spacial score (nSPS) is 42.9. The SMILES string of the molecule is CC1CCC(C)C(N)(C2CCCCCC2)C1. The Bertz CT molecular complexity index is 217. The second-order valence-electron chi connectivity index (χ2n) is 6.59. The molecule has 0 saturated heterocycles. The lowest BCUT2D eigenvalue weighted by molar-refractivity contribution is 0.0881. The second kappa shape index (κ2) is 5.08. The zero-order valence-electron chi connectivity index (χ0n) is 11.2. The van der Waals surface area contributed by atoms with Crippen LogP contribution in [0.4, 0.5) is 0 Å². The summed E-state index contributed by atoms with van der Waals surface area (Å²) in [6.07, 6.45) is 12.5. The van der Waals surface area contributed by atoms with Crippen LogP contribution in [0, 0.1) is 17.8 Å². The van der Waals surface area contributed by atoms with Crippen molar-refractivity contribution < 1.29 is 0 Å². The van der Waals surface area contributed by atoms with Gasteiger partial charge in [-0.3, -0.25) is 0 Å². The lowest BCUT2D eigenvalue weighted by Crippen LogP contribution is -2.55. The van der Waals surface area contributed by atoms with Gasteiger partial charge >= 0.3 is 0 Å². The summed E-state index contributed by atoms with van der Waals surface area (Å²) in [5, 5.41) is 0. The Kier molecular flexibility index (Phi) is 3.94. The largest absolute Gasteiger partial charge is 0.325 e. The molecule has 2 N–H and O–H groups in total. The molecule has 16 heavy (non-hydrogen) atoms. The van der Waals surface area contributed by atoms with Gasteiger partial charge in [0.1, 0.15) is 0 Å². The van der Waals surface area contributed by atoms with E-state index >= 15 is 0 Å². The third kappa shape index (κ3) is 2.45. The van der Waals surface area contributed by atoms with E-state index in [1.165, 1.54) is 57.8 Å². The molecule has 0 amide bonds. The minimum atomic E-state index is 0.169. The van der Waals surface area contributed by atoms with Crippen LogP contribution in [0.1, 0.15) is 71.6 Å². The standard InChI is InChI=1S/C15H29N/c1-12-9-10-13(2)15(16,11-12)14-7-5-3-4-6-8-14/h12-14H,3-11,16H2,1-2H3. The second-order valence-corrected chi connectivity index (χ2v) is 6.59. The third-order valence-electron chi connectivity index (χ3n) is 5.33. The molecule has 1 nitrogen and oxygen atoms in total. The molecule has 94 valence electrons. The summed E-state index contributed by atoms with van der Waals surface area (Å²) in [5.74, 6) is 2.41. The van der Waals surface area contributed by atoms with Crippen LogP contribution in [0.3, 0.4) is 0 Å². The molecule has 2 rings (SSSR count). The van der Waals surface area contributed by atoms with Crippen molar-refractivity contribution in [2.24, 2.45) is 23.5 Å². The van der Waals surface area contributed by atoms with Crippen LogP contribution in [-0.4, -0.2) is 5.54 Å². The Labute approximate surface area is 101 Å². The number of hydrogen-bond donors (Lipinski definition) is 1. The van der Waals surface area contributed by atoms with E-state index in [-0.39, 0.29) is 5.54 Å². The van der Waals surface area contributed by atoms with E-state index in [4.69, 9.17) is 5.73 Å². The van der Waals surface area contributed by atoms with E-state index in [1.54, 1.807) is 0 Å². The molecular weight excluding hydrogens is 194 g/mol. The Balaban J connectivity index is 2.07. The maximum Gasteiger partial charge on any atom is 0.0211 e. The smallest absolute Gasteiger partial charge is 0.0211 e. The summed E-state index contributed by atoms with van der Waals surface area (Å²) in [6.45, 7) is 4.79. The fourth-order valence-electron chi connectivity index (χ4n) is 4.10. The third-order valence-corrected chi connectivity index (χ3v) is 5.33. The number of rotatable bonds is 1. The first-order chi connectivity index (χ1) is 7.63. The highest BCUT2D eigenvalue weighted by Gasteiger charge is 2.42.